The van der Waals surface area contributed by atoms with Crippen LogP contribution in [-0.2, 0) is 19.7 Å². The van der Waals surface area contributed by atoms with Crippen LogP contribution in [0.15, 0.2) is 61.3 Å². The van der Waals surface area contributed by atoms with E-state index in [-0.39, 0.29) is 47.1 Å². The molecule has 0 bridgehead atoms. The summed E-state index contributed by atoms with van der Waals surface area (Å²) >= 11 is 0. The first-order valence-electron chi connectivity index (χ1n) is 14.0. The molecular formula is C31H39N5O4. The average Bonchev–Trinajstić information content (AvgIpc) is 3.60. The summed E-state index contributed by atoms with van der Waals surface area (Å²) in [5.41, 5.74) is 2.52. The number of hydrogen-bond acceptors (Lipinski definition) is 6. The van der Waals surface area contributed by atoms with E-state index in [9.17, 15) is 9.59 Å². The molecule has 2 amide bonds. The molecule has 2 fully saturated rings. The summed E-state index contributed by atoms with van der Waals surface area (Å²) in [6, 6.07) is 10.4. The fraction of sp³-hybridized carbons (Fsp3) is 0.484. The van der Waals surface area contributed by atoms with Gasteiger partial charge in [0.2, 0.25) is 5.91 Å². The van der Waals surface area contributed by atoms with Crippen molar-refractivity contribution in [3.05, 3.63) is 78.1 Å². The fourth-order valence-electron chi connectivity index (χ4n) is 6.33. The van der Waals surface area contributed by atoms with Crippen LogP contribution in [0.5, 0.6) is 0 Å². The summed E-state index contributed by atoms with van der Waals surface area (Å²) < 4.78 is 11.5. The molecule has 1 saturated carbocycles. The van der Waals surface area contributed by atoms with Crippen LogP contribution in [0.2, 0.25) is 0 Å². The number of fused-ring (bicyclic) bond motifs is 1. The molecule has 1 aromatic carbocycles. The van der Waals surface area contributed by atoms with Gasteiger partial charge in [0.1, 0.15) is 11.7 Å². The van der Waals surface area contributed by atoms with Gasteiger partial charge in [0.05, 0.1) is 12.9 Å². The number of carbonyl (C=O) groups is 2. The number of rotatable bonds is 7. The molecule has 212 valence electrons. The number of nitrogens with zero attached hydrogens (tertiary/aromatic N) is 3. The molecule has 1 aliphatic heterocycles. The van der Waals surface area contributed by atoms with E-state index >= 15 is 0 Å². The smallest absolute Gasteiger partial charge is 0.279 e. The van der Waals surface area contributed by atoms with E-state index in [4.69, 9.17) is 9.47 Å². The molecule has 0 radical (unpaired) electrons. The highest BCUT2D eigenvalue weighted by molar-refractivity contribution is 6.09. The van der Waals surface area contributed by atoms with Crippen LogP contribution < -0.4 is 10.2 Å². The zero-order valence-electron chi connectivity index (χ0n) is 23.8. The summed E-state index contributed by atoms with van der Waals surface area (Å²) in [5, 5.41) is 3.34. The molecule has 1 saturated heterocycles. The van der Waals surface area contributed by atoms with E-state index in [1.54, 1.807) is 31.8 Å². The van der Waals surface area contributed by atoms with Crippen molar-refractivity contribution >= 4 is 17.5 Å². The Balaban J connectivity index is 1.53. The van der Waals surface area contributed by atoms with Crippen molar-refractivity contribution < 1.29 is 19.1 Å². The Hall–Kier alpha value is -3.56. The number of benzene rings is 1. The van der Waals surface area contributed by atoms with Gasteiger partial charge in [0, 0.05) is 48.9 Å². The third-order valence-electron chi connectivity index (χ3n) is 8.36. The van der Waals surface area contributed by atoms with E-state index < -0.39 is 6.04 Å². The lowest BCUT2D eigenvalue weighted by atomic mass is 9.85. The van der Waals surface area contributed by atoms with Crippen molar-refractivity contribution in [3.63, 3.8) is 0 Å². The number of nitrogens with one attached hydrogen (secondary N) is 2. The Morgan fingerprint density at radius 1 is 1.20 bits per heavy atom. The van der Waals surface area contributed by atoms with Gasteiger partial charge in [-0.15, -0.1) is 0 Å². The van der Waals surface area contributed by atoms with Gasteiger partial charge in [0.25, 0.3) is 5.91 Å². The van der Waals surface area contributed by atoms with Crippen molar-refractivity contribution in [2.24, 2.45) is 17.8 Å². The van der Waals surface area contributed by atoms with Crippen molar-refractivity contribution in [1.82, 2.24) is 20.3 Å². The lowest BCUT2D eigenvalue weighted by Gasteiger charge is -2.37. The van der Waals surface area contributed by atoms with Gasteiger partial charge < -0.3 is 19.8 Å². The van der Waals surface area contributed by atoms with Gasteiger partial charge in [-0.25, -0.2) is 4.98 Å². The van der Waals surface area contributed by atoms with E-state index in [0.29, 0.717) is 23.8 Å². The van der Waals surface area contributed by atoms with Crippen molar-refractivity contribution in [1.29, 1.82) is 0 Å². The second-order valence-electron chi connectivity index (χ2n) is 11.9. The maximum atomic E-state index is 14.3. The van der Waals surface area contributed by atoms with E-state index in [0.717, 1.165) is 18.4 Å². The van der Waals surface area contributed by atoms with Crippen molar-refractivity contribution in [3.8, 4) is 0 Å². The Kier molecular flexibility index (Phi) is 8.05. The summed E-state index contributed by atoms with van der Waals surface area (Å²) in [7, 11) is 1.67. The Morgan fingerprint density at radius 3 is 2.60 bits per heavy atom. The van der Waals surface area contributed by atoms with Crippen LogP contribution in [0.3, 0.4) is 0 Å². The van der Waals surface area contributed by atoms with Gasteiger partial charge in [-0.2, -0.15) is 0 Å². The van der Waals surface area contributed by atoms with Crippen LogP contribution in [0.1, 0.15) is 68.2 Å². The molecule has 40 heavy (non-hydrogen) atoms. The van der Waals surface area contributed by atoms with E-state index in [1.165, 1.54) is 11.2 Å². The number of amides is 2. The zero-order chi connectivity index (χ0) is 28.4. The van der Waals surface area contributed by atoms with Crippen LogP contribution in [-0.4, -0.2) is 52.8 Å². The third kappa shape index (κ3) is 5.53. The normalized spacial score (nSPS) is 25.2. The summed E-state index contributed by atoms with van der Waals surface area (Å²) in [5.74, 6) is 0.123. The van der Waals surface area contributed by atoms with Gasteiger partial charge in [-0.3, -0.25) is 19.5 Å². The minimum Gasteiger partial charge on any atom is -0.356 e. The maximum Gasteiger partial charge on any atom is 0.279 e. The molecule has 1 aliphatic carbocycles. The lowest BCUT2D eigenvalue weighted by Crippen LogP contribution is -2.49. The highest BCUT2D eigenvalue weighted by atomic mass is 16.7. The number of hydrogen-bond donors (Lipinski definition) is 2. The monoisotopic (exact) mass is 545 g/mol. The topological polar surface area (TPSA) is 109 Å². The quantitative estimate of drug-likeness (QED) is 0.448. The molecule has 9 nitrogen and oxygen atoms in total. The zero-order valence-corrected chi connectivity index (χ0v) is 23.8. The van der Waals surface area contributed by atoms with Gasteiger partial charge in [0.15, 0.2) is 6.29 Å². The lowest BCUT2D eigenvalue weighted by molar-refractivity contribution is -0.197. The molecule has 5 rings (SSSR count). The van der Waals surface area contributed by atoms with Gasteiger partial charge in [-0.1, -0.05) is 45.9 Å². The summed E-state index contributed by atoms with van der Waals surface area (Å²) in [6.07, 6.45) is 7.71. The Labute approximate surface area is 235 Å². The van der Waals surface area contributed by atoms with Gasteiger partial charge in [-0.05, 0) is 53.9 Å². The third-order valence-corrected chi connectivity index (χ3v) is 8.36. The van der Waals surface area contributed by atoms with E-state index in [2.05, 4.69) is 48.0 Å². The highest BCUT2D eigenvalue weighted by Crippen LogP contribution is 2.45. The predicted molar refractivity (Wildman–Crippen MR) is 152 cm³/mol. The number of ether oxygens (including phenoxy) is 2. The second kappa shape index (κ2) is 11.5. The summed E-state index contributed by atoms with van der Waals surface area (Å²) in [4.78, 5) is 41.2. The molecule has 2 aliphatic rings. The minimum atomic E-state index is -0.953. The molecular weight excluding hydrogens is 506 g/mol. The molecule has 6 atom stereocenters. The Morgan fingerprint density at radius 2 is 1.98 bits per heavy atom. The molecule has 2 N–H and O–H groups in total. The van der Waals surface area contributed by atoms with Crippen LogP contribution in [0, 0.1) is 17.8 Å². The van der Waals surface area contributed by atoms with Crippen LogP contribution >= 0.6 is 0 Å². The fourth-order valence-corrected chi connectivity index (χ4v) is 6.33. The number of imidazole rings is 1. The van der Waals surface area contributed by atoms with E-state index in [1.807, 2.05) is 30.3 Å². The molecule has 0 spiro atoms. The molecule has 4 unspecified atom stereocenters. The SMILES string of the molecule is CO[C@H]1OCC[C@H]2C(NC(=O)C(c3cccnc3)N(C(=O)c3c[nH]cn3)c3ccc(C(C)(C)C)cc3)CC(C)C12. The van der Waals surface area contributed by atoms with Crippen LogP contribution in [0.25, 0.3) is 0 Å². The maximum absolute atomic E-state index is 14.3. The number of methoxy groups -OCH3 is 1. The van der Waals surface area contributed by atoms with Crippen LogP contribution in [0.4, 0.5) is 5.69 Å². The predicted octanol–water partition coefficient (Wildman–Crippen LogP) is 4.64. The van der Waals surface area contributed by atoms with Crippen molar-refractivity contribution in [2.45, 2.75) is 64.3 Å². The molecule has 3 aromatic rings. The second-order valence-corrected chi connectivity index (χ2v) is 11.9. The number of anilines is 1. The first kappa shape index (κ1) is 28.0. The highest BCUT2D eigenvalue weighted by Gasteiger charge is 2.49. The minimum absolute atomic E-state index is 0.0566. The standard InChI is InChI=1S/C31H39N5O4/c1-19-15-24(23-12-14-40-30(39-5)26(19)23)35-28(37)27(20-7-6-13-32-16-20)36(29(38)25-17-33-18-34-25)22-10-8-21(9-11-22)31(2,3)4/h6-11,13,16-19,23-24,26-27,30H,12,14-15H2,1-5H3,(H,33,34)(H,35,37)/t19?,23-,24?,26?,27?,30-/m0/s1. The largest absolute Gasteiger partial charge is 0.356 e. The molecule has 2 aromatic heterocycles. The number of carbonyl (C=O) groups excluding carboxylic acids is 2. The van der Waals surface area contributed by atoms with Crippen molar-refractivity contribution in [2.75, 3.05) is 18.6 Å². The average molecular weight is 546 g/mol. The molecule has 9 heteroatoms. The number of pyridine rings is 1. The first-order valence-corrected chi connectivity index (χ1v) is 14.0. The number of aromatic amines is 1. The van der Waals surface area contributed by atoms with Gasteiger partial charge >= 0.3 is 0 Å². The summed E-state index contributed by atoms with van der Waals surface area (Å²) in [6.45, 7) is 9.20. The number of H-pyrrole nitrogens is 1. The Bertz CT molecular complexity index is 1290. The molecule has 3 heterocycles. The first-order chi connectivity index (χ1) is 19.2. The number of aromatic nitrogens is 3.